The molecule has 0 unspecified atom stereocenters. The van der Waals surface area contributed by atoms with Gasteiger partial charge in [-0.1, -0.05) is 25.3 Å². The Morgan fingerprint density at radius 3 is 2.48 bits per heavy atom. The van der Waals surface area contributed by atoms with Crippen LogP contribution in [0.2, 0.25) is 0 Å². The van der Waals surface area contributed by atoms with Gasteiger partial charge in [0.1, 0.15) is 22.9 Å². The second-order valence-corrected chi connectivity index (χ2v) is 5.15. The van der Waals surface area contributed by atoms with Gasteiger partial charge in [0.2, 0.25) is 0 Å². The highest BCUT2D eigenvalue weighted by molar-refractivity contribution is 5.98. The number of rotatable bonds is 6. The van der Waals surface area contributed by atoms with E-state index in [0.717, 1.165) is 5.56 Å². The Balaban J connectivity index is 2.50. The summed E-state index contributed by atoms with van der Waals surface area (Å²) in [5, 5.41) is 0. The number of benzene rings is 1. The van der Waals surface area contributed by atoms with E-state index in [1.165, 1.54) is 18.2 Å². The number of esters is 1. The highest BCUT2D eigenvalue weighted by Gasteiger charge is 2.25. The first-order chi connectivity index (χ1) is 11.0. The Hall–Kier alpha value is -2.62. The average molecular weight is 314 g/mol. The Morgan fingerprint density at radius 1 is 1.30 bits per heavy atom. The van der Waals surface area contributed by atoms with Crippen molar-refractivity contribution in [2.45, 2.75) is 20.3 Å². The summed E-state index contributed by atoms with van der Waals surface area (Å²) >= 11 is 0. The van der Waals surface area contributed by atoms with Crippen molar-refractivity contribution in [3.05, 3.63) is 71.5 Å². The minimum absolute atomic E-state index is 0.267. The van der Waals surface area contributed by atoms with Gasteiger partial charge in [-0.25, -0.2) is 9.18 Å². The van der Waals surface area contributed by atoms with Crippen molar-refractivity contribution in [3.8, 4) is 0 Å². The van der Waals surface area contributed by atoms with Gasteiger partial charge in [-0.05, 0) is 43.2 Å². The monoisotopic (exact) mass is 314 g/mol. The molecule has 0 saturated heterocycles. The average Bonchev–Trinajstić information content (AvgIpc) is 2.88. The minimum Gasteiger partial charge on any atom is -0.462 e. The van der Waals surface area contributed by atoms with Gasteiger partial charge in [0, 0.05) is 12.0 Å². The van der Waals surface area contributed by atoms with E-state index in [0.29, 0.717) is 34.6 Å². The summed E-state index contributed by atoms with van der Waals surface area (Å²) in [4.78, 5) is 12.2. The lowest BCUT2D eigenvalue weighted by atomic mass is 9.99. The molecule has 2 aromatic rings. The largest absolute Gasteiger partial charge is 0.462 e. The number of carbonyl (C=O) groups is 1. The zero-order valence-corrected chi connectivity index (χ0v) is 13.3. The SMILES string of the molecule is C=Cc1oc(Cc2ccc(F)cc2)c(C(=C)C)c1C(=O)OCC. The minimum atomic E-state index is -0.463. The summed E-state index contributed by atoms with van der Waals surface area (Å²) in [6.45, 7) is 11.4. The van der Waals surface area contributed by atoms with Crippen LogP contribution in [0.5, 0.6) is 0 Å². The molecule has 0 aliphatic heterocycles. The van der Waals surface area contributed by atoms with Crippen LogP contribution in [0.3, 0.4) is 0 Å². The van der Waals surface area contributed by atoms with E-state index in [1.807, 2.05) is 0 Å². The number of allylic oxidation sites excluding steroid dienone is 1. The quantitative estimate of drug-likeness (QED) is 0.715. The first-order valence-corrected chi connectivity index (χ1v) is 7.33. The number of halogens is 1. The van der Waals surface area contributed by atoms with Gasteiger partial charge in [-0.15, -0.1) is 0 Å². The number of furan rings is 1. The van der Waals surface area contributed by atoms with Crippen LogP contribution < -0.4 is 0 Å². The normalized spacial score (nSPS) is 10.4. The smallest absolute Gasteiger partial charge is 0.342 e. The predicted molar refractivity (Wildman–Crippen MR) is 88.7 cm³/mol. The fourth-order valence-corrected chi connectivity index (χ4v) is 2.41. The highest BCUT2D eigenvalue weighted by atomic mass is 19.1. The van der Waals surface area contributed by atoms with E-state index < -0.39 is 5.97 Å². The van der Waals surface area contributed by atoms with Crippen molar-refractivity contribution in [3.63, 3.8) is 0 Å². The Bertz CT molecular complexity index is 739. The Labute approximate surface area is 135 Å². The van der Waals surface area contributed by atoms with Crippen molar-refractivity contribution in [2.24, 2.45) is 0 Å². The predicted octanol–water partition coefficient (Wildman–Crippen LogP) is 4.86. The van der Waals surface area contributed by atoms with E-state index in [1.54, 1.807) is 26.0 Å². The first kappa shape index (κ1) is 16.7. The molecule has 0 atom stereocenters. The van der Waals surface area contributed by atoms with Gasteiger partial charge in [0.05, 0.1) is 6.61 Å². The lowest BCUT2D eigenvalue weighted by Crippen LogP contribution is -2.07. The summed E-state index contributed by atoms with van der Waals surface area (Å²) in [5.41, 5.74) is 2.53. The Morgan fingerprint density at radius 2 is 1.96 bits per heavy atom. The van der Waals surface area contributed by atoms with Crippen molar-refractivity contribution in [1.29, 1.82) is 0 Å². The molecule has 3 nitrogen and oxygen atoms in total. The molecule has 0 aliphatic rings. The maximum Gasteiger partial charge on any atom is 0.342 e. The van der Waals surface area contributed by atoms with Crippen LogP contribution in [-0.4, -0.2) is 12.6 Å². The second-order valence-electron chi connectivity index (χ2n) is 5.15. The van der Waals surface area contributed by atoms with Gasteiger partial charge in [0.25, 0.3) is 0 Å². The van der Waals surface area contributed by atoms with Crippen molar-refractivity contribution >= 4 is 17.6 Å². The van der Waals surface area contributed by atoms with Gasteiger partial charge < -0.3 is 9.15 Å². The second kappa shape index (κ2) is 7.09. The first-order valence-electron chi connectivity index (χ1n) is 7.33. The van der Waals surface area contributed by atoms with Gasteiger partial charge in [0.15, 0.2) is 0 Å². The number of carbonyl (C=O) groups excluding carboxylic acids is 1. The van der Waals surface area contributed by atoms with E-state index >= 15 is 0 Å². The van der Waals surface area contributed by atoms with Crippen LogP contribution in [0.25, 0.3) is 11.6 Å². The summed E-state index contributed by atoms with van der Waals surface area (Å²) in [7, 11) is 0. The molecule has 4 heteroatoms. The molecule has 0 amide bonds. The van der Waals surface area contributed by atoms with Crippen molar-refractivity contribution < 1.29 is 18.3 Å². The molecule has 2 rings (SSSR count). The van der Waals surface area contributed by atoms with Crippen LogP contribution >= 0.6 is 0 Å². The van der Waals surface area contributed by atoms with Crippen LogP contribution in [0, 0.1) is 5.82 Å². The van der Waals surface area contributed by atoms with E-state index in [4.69, 9.17) is 9.15 Å². The molecule has 1 aromatic carbocycles. The molecule has 0 radical (unpaired) electrons. The zero-order chi connectivity index (χ0) is 17.0. The summed E-state index contributed by atoms with van der Waals surface area (Å²) < 4.78 is 23.9. The van der Waals surface area contributed by atoms with E-state index in [-0.39, 0.29) is 12.4 Å². The standard InChI is InChI=1S/C19H19FO3/c1-5-15-18(19(21)22-6-2)17(12(3)4)16(23-15)11-13-7-9-14(20)10-8-13/h5,7-10H,1,3,6,11H2,2,4H3. The van der Waals surface area contributed by atoms with Crippen LogP contribution in [0.15, 0.2) is 41.8 Å². The van der Waals surface area contributed by atoms with Gasteiger partial charge in [-0.3, -0.25) is 0 Å². The molecule has 1 aromatic heterocycles. The van der Waals surface area contributed by atoms with E-state index in [2.05, 4.69) is 13.2 Å². The van der Waals surface area contributed by atoms with Gasteiger partial charge >= 0.3 is 5.97 Å². The highest BCUT2D eigenvalue weighted by Crippen LogP contribution is 2.31. The molecule has 0 saturated carbocycles. The number of ether oxygens (including phenoxy) is 1. The number of hydrogen-bond acceptors (Lipinski definition) is 3. The molecule has 0 aliphatic carbocycles. The van der Waals surface area contributed by atoms with Crippen molar-refractivity contribution in [1.82, 2.24) is 0 Å². The molecular formula is C19H19FO3. The molecule has 0 fully saturated rings. The van der Waals surface area contributed by atoms with Crippen LogP contribution in [0.4, 0.5) is 4.39 Å². The maximum absolute atomic E-state index is 13.0. The third-order valence-corrected chi connectivity index (χ3v) is 3.38. The van der Waals surface area contributed by atoms with Gasteiger partial charge in [-0.2, -0.15) is 0 Å². The topological polar surface area (TPSA) is 39.4 Å². The summed E-state index contributed by atoms with van der Waals surface area (Å²) in [6, 6.07) is 6.13. The third kappa shape index (κ3) is 3.59. The summed E-state index contributed by atoms with van der Waals surface area (Å²) in [5.74, 6) is 0.183. The van der Waals surface area contributed by atoms with Crippen LogP contribution in [-0.2, 0) is 11.2 Å². The van der Waals surface area contributed by atoms with E-state index in [9.17, 15) is 9.18 Å². The zero-order valence-electron chi connectivity index (χ0n) is 13.3. The van der Waals surface area contributed by atoms with Crippen LogP contribution in [0.1, 0.15) is 46.9 Å². The molecule has 120 valence electrons. The Kier molecular flexibility index (Phi) is 5.16. The summed E-state index contributed by atoms with van der Waals surface area (Å²) in [6.07, 6.45) is 1.90. The maximum atomic E-state index is 13.0. The lowest BCUT2D eigenvalue weighted by Gasteiger charge is -2.06. The molecule has 0 N–H and O–H groups in total. The molecule has 23 heavy (non-hydrogen) atoms. The molecule has 0 spiro atoms. The number of hydrogen-bond donors (Lipinski definition) is 0. The molecule has 0 bridgehead atoms. The lowest BCUT2D eigenvalue weighted by molar-refractivity contribution is 0.0525. The molecular weight excluding hydrogens is 295 g/mol. The fourth-order valence-electron chi connectivity index (χ4n) is 2.41. The third-order valence-electron chi connectivity index (χ3n) is 3.38. The fraction of sp³-hybridized carbons (Fsp3) is 0.211. The van der Waals surface area contributed by atoms with Crippen molar-refractivity contribution in [2.75, 3.05) is 6.61 Å². The molecule has 1 heterocycles.